The van der Waals surface area contributed by atoms with Crippen LogP contribution in [0.5, 0.6) is 0 Å². The molecule has 0 atom stereocenters. The van der Waals surface area contributed by atoms with Crippen molar-refractivity contribution in [1.29, 1.82) is 0 Å². The van der Waals surface area contributed by atoms with Crippen LogP contribution in [0, 0.1) is 11.6 Å². The second-order valence-corrected chi connectivity index (χ2v) is 5.30. The zero-order valence-electron chi connectivity index (χ0n) is 10.2. The van der Waals surface area contributed by atoms with Crippen LogP contribution in [0.4, 0.5) is 8.78 Å². The summed E-state index contributed by atoms with van der Waals surface area (Å²) in [5, 5.41) is 2.00. The summed E-state index contributed by atoms with van der Waals surface area (Å²) in [6, 6.07) is 2.65. The Bertz CT molecular complexity index is 420. The Balaban J connectivity index is 1.96. The summed E-state index contributed by atoms with van der Waals surface area (Å²) in [5.74, 6) is -1.05. The quantitative estimate of drug-likeness (QED) is 0.859. The largest absolute Gasteiger partial charge is 0.304 e. The molecule has 0 amide bonds. The highest BCUT2D eigenvalue weighted by atomic mass is 79.9. The summed E-state index contributed by atoms with van der Waals surface area (Å²) in [6.07, 6.45) is 0. The highest BCUT2D eigenvalue weighted by molar-refractivity contribution is 9.10. The average Bonchev–Trinajstić information content (AvgIpc) is 2.36. The molecular weight excluding hydrogens is 304 g/mol. The van der Waals surface area contributed by atoms with Crippen molar-refractivity contribution >= 4 is 15.9 Å². The predicted octanol–water partition coefficient (Wildman–Crippen LogP) is 1.98. The summed E-state index contributed by atoms with van der Waals surface area (Å²) in [7, 11) is 2.06. The van der Waals surface area contributed by atoms with Crippen LogP contribution in [0.1, 0.15) is 5.56 Å². The topological polar surface area (TPSA) is 18.5 Å². The van der Waals surface area contributed by atoms with E-state index in [9.17, 15) is 8.78 Å². The first-order chi connectivity index (χ1) is 8.58. The molecule has 1 aromatic carbocycles. The van der Waals surface area contributed by atoms with E-state index in [4.69, 9.17) is 0 Å². The van der Waals surface area contributed by atoms with Crippen LogP contribution in [0.25, 0.3) is 0 Å². The van der Waals surface area contributed by atoms with Crippen LogP contribution in [0.2, 0.25) is 0 Å². The van der Waals surface area contributed by atoms with E-state index >= 15 is 0 Å². The summed E-state index contributed by atoms with van der Waals surface area (Å²) >= 11 is 3.06. The second-order valence-electron chi connectivity index (χ2n) is 4.45. The van der Waals surface area contributed by atoms with E-state index < -0.39 is 11.6 Å². The number of rotatable bonds is 3. The number of likely N-dealkylation sites (N-methyl/N-ethyl adjacent to an activating group) is 1. The van der Waals surface area contributed by atoms with Crippen molar-refractivity contribution in [2.24, 2.45) is 0 Å². The maximum Gasteiger partial charge on any atom is 0.144 e. The lowest BCUT2D eigenvalue weighted by Crippen LogP contribution is -2.50. The van der Waals surface area contributed by atoms with Gasteiger partial charge in [-0.3, -0.25) is 5.43 Å². The van der Waals surface area contributed by atoms with Gasteiger partial charge in [-0.1, -0.05) is 0 Å². The lowest BCUT2D eigenvalue weighted by atomic mass is 10.2. The minimum absolute atomic E-state index is 0.0725. The Morgan fingerprint density at radius 2 is 1.89 bits per heavy atom. The number of hydrogen-bond acceptors (Lipinski definition) is 3. The molecule has 0 saturated carbocycles. The van der Waals surface area contributed by atoms with E-state index in [0.29, 0.717) is 4.47 Å². The fourth-order valence-corrected chi connectivity index (χ4v) is 2.26. The molecule has 1 fully saturated rings. The molecule has 2 rings (SSSR count). The number of piperazine rings is 1. The predicted molar refractivity (Wildman–Crippen MR) is 70.0 cm³/mol. The number of benzene rings is 1. The van der Waals surface area contributed by atoms with Gasteiger partial charge in [-0.05, 0) is 35.1 Å². The zero-order chi connectivity index (χ0) is 13.1. The Labute approximate surface area is 114 Å². The van der Waals surface area contributed by atoms with Crippen LogP contribution in [0.3, 0.4) is 0 Å². The Kier molecular flexibility index (Phi) is 4.66. The number of halogens is 3. The molecule has 3 nitrogen and oxygen atoms in total. The molecule has 100 valence electrons. The summed E-state index contributed by atoms with van der Waals surface area (Å²) in [6.45, 7) is 3.79. The van der Waals surface area contributed by atoms with E-state index in [1.54, 1.807) is 0 Å². The standard InChI is InChI=1S/C12H16BrF2N3/c1-17-4-6-18(7-5-17)16-8-9-11(14)3-2-10(13)12(9)15/h2-3,16H,4-8H2,1H3. The number of hydrogen-bond donors (Lipinski definition) is 1. The van der Waals surface area contributed by atoms with Crippen molar-refractivity contribution < 1.29 is 8.78 Å². The maximum absolute atomic E-state index is 13.7. The molecule has 0 unspecified atom stereocenters. The molecule has 0 bridgehead atoms. The fraction of sp³-hybridized carbons (Fsp3) is 0.500. The van der Waals surface area contributed by atoms with Gasteiger partial charge >= 0.3 is 0 Å². The Morgan fingerprint density at radius 1 is 1.22 bits per heavy atom. The molecule has 0 spiro atoms. The molecule has 1 saturated heterocycles. The average molecular weight is 320 g/mol. The Hall–Kier alpha value is -0.560. The molecule has 1 aromatic rings. The zero-order valence-corrected chi connectivity index (χ0v) is 11.8. The van der Waals surface area contributed by atoms with Crippen molar-refractivity contribution in [2.45, 2.75) is 6.54 Å². The summed E-state index contributed by atoms with van der Waals surface area (Å²) in [4.78, 5) is 2.22. The first-order valence-electron chi connectivity index (χ1n) is 5.87. The van der Waals surface area contributed by atoms with Crippen LogP contribution >= 0.6 is 15.9 Å². The Morgan fingerprint density at radius 3 is 2.56 bits per heavy atom. The molecule has 1 N–H and O–H groups in total. The van der Waals surface area contributed by atoms with Crippen molar-refractivity contribution in [3.63, 3.8) is 0 Å². The minimum Gasteiger partial charge on any atom is -0.304 e. The van der Waals surface area contributed by atoms with E-state index in [-0.39, 0.29) is 12.1 Å². The second kappa shape index (κ2) is 6.06. The smallest absolute Gasteiger partial charge is 0.144 e. The highest BCUT2D eigenvalue weighted by Crippen LogP contribution is 2.21. The molecule has 6 heteroatoms. The third-order valence-corrected chi connectivity index (χ3v) is 3.73. The lowest BCUT2D eigenvalue weighted by Gasteiger charge is -2.32. The van der Waals surface area contributed by atoms with Gasteiger partial charge in [-0.15, -0.1) is 0 Å². The van der Waals surface area contributed by atoms with Gasteiger partial charge in [0.05, 0.1) is 4.47 Å². The molecule has 18 heavy (non-hydrogen) atoms. The molecule has 0 aliphatic carbocycles. The van der Waals surface area contributed by atoms with Gasteiger partial charge in [0.1, 0.15) is 11.6 Å². The van der Waals surface area contributed by atoms with Gasteiger partial charge < -0.3 is 4.90 Å². The third kappa shape index (κ3) is 3.26. The molecule has 1 aliphatic rings. The van der Waals surface area contributed by atoms with E-state index in [2.05, 4.69) is 33.3 Å². The van der Waals surface area contributed by atoms with Gasteiger partial charge in [0.2, 0.25) is 0 Å². The summed E-state index contributed by atoms with van der Waals surface area (Å²) in [5.41, 5.74) is 3.15. The first kappa shape index (κ1) is 13.9. The van der Waals surface area contributed by atoms with E-state index in [1.165, 1.54) is 12.1 Å². The van der Waals surface area contributed by atoms with Crippen LogP contribution < -0.4 is 5.43 Å². The fourth-order valence-electron chi connectivity index (χ4n) is 1.89. The van der Waals surface area contributed by atoms with Gasteiger partial charge in [0.15, 0.2) is 0 Å². The molecule has 1 heterocycles. The highest BCUT2D eigenvalue weighted by Gasteiger charge is 2.16. The minimum atomic E-state index is -0.531. The monoisotopic (exact) mass is 319 g/mol. The van der Waals surface area contributed by atoms with E-state index in [0.717, 1.165) is 26.2 Å². The first-order valence-corrected chi connectivity index (χ1v) is 6.66. The summed E-state index contributed by atoms with van der Waals surface area (Å²) < 4.78 is 27.5. The van der Waals surface area contributed by atoms with Gasteiger partial charge in [0.25, 0.3) is 0 Å². The number of hydrazine groups is 1. The van der Waals surface area contributed by atoms with Crippen molar-refractivity contribution in [2.75, 3.05) is 33.2 Å². The number of nitrogens with one attached hydrogen (secondary N) is 1. The molecule has 0 aromatic heterocycles. The lowest BCUT2D eigenvalue weighted by molar-refractivity contribution is 0.101. The van der Waals surface area contributed by atoms with Gasteiger partial charge in [0, 0.05) is 38.3 Å². The van der Waals surface area contributed by atoms with Crippen LogP contribution in [-0.4, -0.2) is 43.1 Å². The van der Waals surface area contributed by atoms with Crippen molar-refractivity contribution in [3.8, 4) is 0 Å². The SMILES string of the molecule is CN1CCN(NCc2c(F)ccc(Br)c2F)CC1. The van der Waals surface area contributed by atoms with Gasteiger partial charge in [-0.2, -0.15) is 0 Å². The third-order valence-electron chi connectivity index (χ3n) is 3.12. The van der Waals surface area contributed by atoms with Crippen molar-refractivity contribution in [1.82, 2.24) is 15.3 Å². The number of nitrogens with zero attached hydrogens (tertiary/aromatic N) is 2. The van der Waals surface area contributed by atoms with Crippen LogP contribution in [-0.2, 0) is 6.54 Å². The van der Waals surface area contributed by atoms with Crippen molar-refractivity contribution in [3.05, 3.63) is 33.8 Å². The molecular formula is C12H16BrF2N3. The van der Waals surface area contributed by atoms with Gasteiger partial charge in [-0.25, -0.2) is 13.8 Å². The van der Waals surface area contributed by atoms with E-state index in [1.807, 2.05) is 5.01 Å². The molecule has 1 aliphatic heterocycles. The normalized spacial score (nSPS) is 18.2. The molecule has 0 radical (unpaired) electrons. The maximum atomic E-state index is 13.7. The van der Waals surface area contributed by atoms with Crippen LogP contribution in [0.15, 0.2) is 16.6 Å².